The zero-order chi connectivity index (χ0) is 12.1. The van der Waals surface area contributed by atoms with Crippen LogP contribution in [0.3, 0.4) is 0 Å². The van der Waals surface area contributed by atoms with Crippen molar-refractivity contribution in [2.75, 3.05) is 31.1 Å². The van der Waals surface area contributed by atoms with Crippen molar-refractivity contribution < 1.29 is 0 Å². The van der Waals surface area contributed by atoms with E-state index in [2.05, 4.69) is 20.1 Å². The van der Waals surface area contributed by atoms with Gasteiger partial charge in [0.05, 0.1) is 0 Å². The quantitative estimate of drug-likeness (QED) is 0.649. The molecular formula is C10H17N5S2. The highest BCUT2D eigenvalue weighted by Gasteiger charge is 2.11. The molecular weight excluding hydrogens is 254 g/mol. The van der Waals surface area contributed by atoms with Gasteiger partial charge in [-0.05, 0) is 6.92 Å². The van der Waals surface area contributed by atoms with Crippen LogP contribution in [0.4, 0.5) is 0 Å². The molecule has 0 saturated carbocycles. The molecule has 1 fully saturated rings. The summed E-state index contributed by atoms with van der Waals surface area (Å²) < 4.78 is 0. The van der Waals surface area contributed by atoms with Crippen LogP contribution in [0.15, 0.2) is 4.99 Å². The molecule has 0 amide bonds. The lowest BCUT2D eigenvalue weighted by atomic mass is 10.4. The molecule has 1 aliphatic rings. The van der Waals surface area contributed by atoms with Gasteiger partial charge in [0.15, 0.2) is 5.96 Å². The highest BCUT2D eigenvalue weighted by molar-refractivity contribution is 7.99. The van der Waals surface area contributed by atoms with Crippen LogP contribution in [0, 0.1) is 6.92 Å². The number of hydrogen-bond donors (Lipinski definition) is 1. The monoisotopic (exact) mass is 271 g/mol. The fraction of sp³-hybridized carbons (Fsp3) is 0.700. The number of aromatic nitrogens is 2. The second-order valence-electron chi connectivity index (χ2n) is 3.80. The number of hydrogen-bond acceptors (Lipinski definition) is 5. The Labute approximate surface area is 110 Å². The number of nitrogens with two attached hydrogens (primary N) is 1. The molecule has 0 atom stereocenters. The van der Waals surface area contributed by atoms with Crippen molar-refractivity contribution in [2.24, 2.45) is 10.7 Å². The Hall–Kier alpha value is -0.820. The minimum atomic E-state index is 0.673. The third-order valence-electron chi connectivity index (χ3n) is 2.50. The van der Waals surface area contributed by atoms with Gasteiger partial charge in [-0.25, -0.2) is 0 Å². The fourth-order valence-corrected chi connectivity index (χ4v) is 3.20. The van der Waals surface area contributed by atoms with Crippen LogP contribution < -0.4 is 5.73 Å². The van der Waals surface area contributed by atoms with Gasteiger partial charge < -0.3 is 10.6 Å². The first-order valence-corrected chi connectivity index (χ1v) is 7.64. The van der Waals surface area contributed by atoms with E-state index in [1.165, 1.54) is 0 Å². The number of guanidine groups is 1. The van der Waals surface area contributed by atoms with Crippen molar-refractivity contribution >= 4 is 29.1 Å². The van der Waals surface area contributed by atoms with Gasteiger partial charge in [-0.15, -0.1) is 21.5 Å². The predicted molar refractivity (Wildman–Crippen MR) is 73.7 cm³/mol. The summed E-state index contributed by atoms with van der Waals surface area (Å²) in [5, 5.41) is 10.1. The van der Waals surface area contributed by atoms with Crippen molar-refractivity contribution in [1.82, 2.24) is 15.1 Å². The van der Waals surface area contributed by atoms with Gasteiger partial charge in [0, 0.05) is 37.6 Å². The van der Waals surface area contributed by atoms with Gasteiger partial charge in [0.2, 0.25) is 0 Å². The summed E-state index contributed by atoms with van der Waals surface area (Å²) in [7, 11) is 0. The highest BCUT2D eigenvalue weighted by atomic mass is 32.2. The van der Waals surface area contributed by atoms with E-state index in [0.717, 1.165) is 41.0 Å². The molecule has 7 heteroatoms. The van der Waals surface area contributed by atoms with Gasteiger partial charge in [0.25, 0.3) is 0 Å². The van der Waals surface area contributed by atoms with Crippen LogP contribution in [0.25, 0.3) is 0 Å². The molecule has 1 aromatic heterocycles. The van der Waals surface area contributed by atoms with Crippen molar-refractivity contribution in [3.8, 4) is 0 Å². The smallest absolute Gasteiger partial charge is 0.191 e. The maximum Gasteiger partial charge on any atom is 0.191 e. The second-order valence-corrected chi connectivity index (χ2v) is 6.30. The van der Waals surface area contributed by atoms with E-state index >= 15 is 0 Å². The van der Waals surface area contributed by atoms with Crippen LogP contribution in [0.1, 0.15) is 10.0 Å². The van der Waals surface area contributed by atoms with Crippen molar-refractivity contribution in [3.05, 3.63) is 10.0 Å². The Balaban J connectivity index is 1.79. The molecule has 2 rings (SSSR count). The maximum absolute atomic E-state index is 5.95. The Kier molecular flexibility index (Phi) is 4.61. The summed E-state index contributed by atoms with van der Waals surface area (Å²) in [4.78, 5) is 6.56. The topological polar surface area (TPSA) is 67.4 Å². The number of aliphatic imine (C=N–C) groups is 1. The van der Waals surface area contributed by atoms with Crippen LogP contribution in [0.2, 0.25) is 0 Å². The van der Waals surface area contributed by atoms with Gasteiger partial charge in [-0.3, -0.25) is 4.99 Å². The van der Waals surface area contributed by atoms with Gasteiger partial charge in [0.1, 0.15) is 10.0 Å². The van der Waals surface area contributed by atoms with Crippen molar-refractivity contribution in [3.63, 3.8) is 0 Å². The molecule has 0 unspecified atom stereocenters. The summed E-state index contributed by atoms with van der Waals surface area (Å²) in [5.74, 6) is 2.96. The zero-order valence-corrected chi connectivity index (χ0v) is 11.6. The molecule has 5 nitrogen and oxygen atoms in total. The Morgan fingerprint density at radius 2 is 2.18 bits per heavy atom. The van der Waals surface area contributed by atoms with Gasteiger partial charge in [-0.2, -0.15) is 11.8 Å². The molecule has 2 N–H and O–H groups in total. The third kappa shape index (κ3) is 3.85. The molecule has 1 saturated heterocycles. The minimum absolute atomic E-state index is 0.673. The van der Waals surface area contributed by atoms with E-state index in [-0.39, 0.29) is 0 Å². The first-order valence-electron chi connectivity index (χ1n) is 5.67. The Morgan fingerprint density at radius 3 is 2.82 bits per heavy atom. The maximum atomic E-state index is 5.95. The first kappa shape index (κ1) is 12.6. The fourth-order valence-electron chi connectivity index (χ4n) is 1.60. The van der Waals surface area contributed by atoms with Gasteiger partial charge >= 0.3 is 0 Å². The predicted octanol–water partition coefficient (Wildman–Crippen LogP) is 0.753. The molecule has 0 radical (unpaired) electrons. The molecule has 2 heterocycles. The summed E-state index contributed by atoms with van der Waals surface area (Å²) in [5.41, 5.74) is 5.95. The summed E-state index contributed by atoms with van der Waals surface area (Å²) in [6.07, 6.45) is 0.828. The zero-order valence-electron chi connectivity index (χ0n) is 9.93. The molecule has 1 aliphatic heterocycles. The van der Waals surface area contributed by atoms with Crippen LogP contribution in [0.5, 0.6) is 0 Å². The number of nitrogens with zero attached hydrogens (tertiary/aromatic N) is 4. The lowest BCUT2D eigenvalue weighted by molar-refractivity contribution is 0.456. The van der Waals surface area contributed by atoms with E-state index in [4.69, 9.17) is 5.73 Å². The van der Waals surface area contributed by atoms with Crippen molar-refractivity contribution in [1.29, 1.82) is 0 Å². The summed E-state index contributed by atoms with van der Waals surface area (Å²) in [6, 6.07) is 0. The third-order valence-corrected chi connectivity index (χ3v) is 4.34. The average Bonchev–Trinajstić information content (AvgIpc) is 2.76. The largest absolute Gasteiger partial charge is 0.370 e. The van der Waals surface area contributed by atoms with E-state index in [0.29, 0.717) is 12.5 Å². The molecule has 0 bridgehead atoms. The highest BCUT2D eigenvalue weighted by Crippen LogP contribution is 2.10. The van der Waals surface area contributed by atoms with Crippen LogP contribution >= 0.6 is 23.1 Å². The lowest BCUT2D eigenvalue weighted by Gasteiger charge is -2.27. The Bertz CT molecular complexity index is 384. The minimum Gasteiger partial charge on any atom is -0.370 e. The molecule has 0 aromatic carbocycles. The van der Waals surface area contributed by atoms with Crippen LogP contribution in [-0.2, 0) is 6.42 Å². The number of aryl methyl sites for hydroxylation is 1. The van der Waals surface area contributed by atoms with Crippen LogP contribution in [-0.4, -0.2) is 52.2 Å². The summed E-state index contributed by atoms with van der Waals surface area (Å²) >= 11 is 3.60. The first-order chi connectivity index (χ1) is 8.25. The molecule has 0 aliphatic carbocycles. The molecule has 94 valence electrons. The normalized spacial score (nSPS) is 17.5. The molecule has 1 aromatic rings. The standard InChI is InChI=1S/C10H17N5S2/c1-8-13-14-9(17-8)2-3-12-10(11)15-4-6-16-7-5-15/h2-7H2,1H3,(H2,11,12). The van der Waals surface area contributed by atoms with E-state index < -0.39 is 0 Å². The van der Waals surface area contributed by atoms with E-state index in [1.807, 2.05) is 18.7 Å². The summed E-state index contributed by atoms with van der Waals surface area (Å²) in [6.45, 7) is 4.68. The Morgan fingerprint density at radius 1 is 1.41 bits per heavy atom. The van der Waals surface area contributed by atoms with Gasteiger partial charge in [-0.1, -0.05) is 0 Å². The second kappa shape index (κ2) is 6.20. The lowest BCUT2D eigenvalue weighted by Crippen LogP contribution is -2.42. The van der Waals surface area contributed by atoms with Crippen molar-refractivity contribution in [2.45, 2.75) is 13.3 Å². The SMILES string of the molecule is Cc1nnc(CCN=C(N)N2CCSCC2)s1. The number of thioether (sulfide) groups is 1. The van der Waals surface area contributed by atoms with E-state index in [1.54, 1.807) is 11.3 Å². The molecule has 0 spiro atoms. The number of rotatable bonds is 3. The average molecular weight is 271 g/mol. The molecule has 17 heavy (non-hydrogen) atoms. The van der Waals surface area contributed by atoms with E-state index in [9.17, 15) is 0 Å².